The number of aryl methyl sites for hydroxylation is 1. The summed E-state index contributed by atoms with van der Waals surface area (Å²) in [6, 6.07) is 12.8. The minimum absolute atomic E-state index is 0.00167. The number of nitrogens with zero attached hydrogens (tertiary/aromatic N) is 5. The molecule has 8 nitrogen and oxygen atoms in total. The fraction of sp³-hybridized carbons (Fsp3) is 0.217. The lowest BCUT2D eigenvalue weighted by molar-refractivity contribution is 0.0538. The third-order valence-electron chi connectivity index (χ3n) is 5.62. The number of carbonyl (C=O) groups excluding carboxylic acids is 2. The van der Waals surface area contributed by atoms with E-state index in [1.807, 2.05) is 35.7 Å². The fourth-order valence-electron chi connectivity index (χ4n) is 3.98. The molecule has 0 bridgehead atoms. The van der Waals surface area contributed by atoms with Crippen molar-refractivity contribution in [1.29, 1.82) is 0 Å². The molecule has 0 radical (unpaired) electrons. The monoisotopic (exact) mass is 447 g/mol. The quantitative estimate of drug-likeness (QED) is 0.483. The summed E-state index contributed by atoms with van der Waals surface area (Å²) in [6.45, 7) is 1.80. The summed E-state index contributed by atoms with van der Waals surface area (Å²) in [6.07, 6.45) is 3.40. The lowest BCUT2D eigenvalue weighted by atomic mass is 10.1. The molecular weight excluding hydrogens is 426 g/mol. The van der Waals surface area contributed by atoms with E-state index >= 15 is 0 Å². The predicted molar refractivity (Wildman–Crippen MR) is 122 cm³/mol. The van der Waals surface area contributed by atoms with Crippen LogP contribution in [-0.4, -0.2) is 62.1 Å². The summed E-state index contributed by atoms with van der Waals surface area (Å²) in [4.78, 5) is 43.2. The SMILES string of the molecule is Cn1cc(C(=O)N2CCN(C(=O)c3cccs3)CC2)c2nn(-c3ccccc3)c(=O)c-2c1. The molecule has 0 spiro atoms. The van der Waals surface area contributed by atoms with E-state index in [-0.39, 0.29) is 17.4 Å². The molecule has 3 aliphatic rings. The molecule has 0 N–H and O–H groups in total. The number of carbonyl (C=O) groups is 2. The first kappa shape index (κ1) is 20.2. The van der Waals surface area contributed by atoms with Gasteiger partial charge in [0.25, 0.3) is 17.4 Å². The van der Waals surface area contributed by atoms with E-state index in [0.29, 0.717) is 53.6 Å². The molecule has 2 amide bonds. The molecule has 32 heavy (non-hydrogen) atoms. The van der Waals surface area contributed by atoms with Gasteiger partial charge >= 0.3 is 0 Å². The van der Waals surface area contributed by atoms with Crippen LogP contribution in [0.1, 0.15) is 20.0 Å². The fourth-order valence-corrected chi connectivity index (χ4v) is 4.67. The summed E-state index contributed by atoms with van der Waals surface area (Å²) in [7, 11) is 1.78. The van der Waals surface area contributed by atoms with Crippen molar-refractivity contribution in [2.75, 3.05) is 26.2 Å². The first-order valence-corrected chi connectivity index (χ1v) is 11.2. The number of amides is 2. The lowest BCUT2D eigenvalue weighted by Crippen LogP contribution is -2.50. The molecule has 9 heteroatoms. The summed E-state index contributed by atoms with van der Waals surface area (Å²) in [5.74, 6) is -0.190. The van der Waals surface area contributed by atoms with Gasteiger partial charge in [0.2, 0.25) is 0 Å². The molecule has 1 aromatic carbocycles. The van der Waals surface area contributed by atoms with Gasteiger partial charge in [-0.05, 0) is 23.6 Å². The van der Waals surface area contributed by atoms with E-state index in [1.165, 1.54) is 16.0 Å². The van der Waals surface area contributed by atoms with Crippen molar-refractivity contribution in [3.63, 3.8) is 0 Å². The van der Waals surface area contributed by atoms with Gasteiger partial charge in [-0.25, -0.2) is 0 Å². The van der Waals surface area contributed by atoms with Gasteiger partial charge in [0.05, 0.1) is 21.7 Å². The number of hydrogen-bond acceptors (Lipinski definition) is 5. The minimum atomic E-state index is -0.261. The predicted octanol–water partition coefficient (Wildman–Crippen LogP) is 2.34. The highest BCUT2D eigenvalue weighted by Gasteiger charge is 2.30. The highest BCUT2D eigenvalue weighted by atomic mass is 32.1. The number of hydrogen-bond donors (Lipinski definition) is 0. The molecule has 0 saturated carbocycles. The van der Waals surface area contributed by atoms with Crippen molar-refractivity contribution < 1.29 is 9.59 Å². The summed E-state index contributed by atoms with van der Waals surface area (Å²) in [5, 5.41) is 6.38. The van der Waals surface area contributed by atoms with Crippen LogP contribution in [0, 0.1) is 0 Å². The zero-order valence-electron chi connectivity index (χ0n) is 17.5. The Kier molecular flexibility index (Phi) is 5.10. The highest BCUT2D eigenvalue weighted by Crippen LogP contribution is 2.24. The maximum absolute atomic E-state index is 13.4. The molecule has 4 heterocycles. The number of rotatable bonds is 3. The molecule has 1 aromatic heterocycles. The van der Waals surface area contributed by atoms with Gasteiger partial charge < -0.3 is 14.4 Å². The number of benzene rings is 1. The number of piperazine rings is 1. The first-order chi connectivity index (χ1) is 15.5. The second kappa shape index (κ2) is 8.08. The van der Waals surface area contributed by atoms with Crippen LogP contribution in [0.5, 0.6) is 0 Å². The smallest absolute Gasteiger partial charge is 0.282 e. The van der Waals surface area contributed by atoms with Gasteiger partial charge in [-0.1, -0.05) is 24.3 Å². The van der Waals surface area contributed by atoms with Gasteiger partial charge in [-0.15, -0.1) is 11.3 Å². The molecule has 1 saturated heterocycles. The number of fused-ring (bicyclic) bond motifs is 1. The molecule has 0 aliphatic carbocycles. The largest absolute Gasteiger partial charge is 0.356 e. The van der Waals surface area contributed by atoms with Crippen LogP contribution >= 0.6 is 11.3 Å². The van der Waals surface area contributed by atoms with Gasteiger partial charge in [-0.2, -0.15) is 9.78 Å². The van der Waals surface area contributed by atoms with Crippen molar-refractivity contribution >= 4 is 23.2 Å². The third-order valence-corrected chi connectivity index (χ3v) is 6.47. The summed E-state index contributed by atoms with van der Waals surface area (Å²) in [5.41, 5.74) is 1.56. The Hall–Kier alpha value is -3.72. The Morgan fingerprint density at radius 1 is 0.906 bits per heavy atom. The van der Waals surface area contributed by atoms with Crippen molar-refractivity contribution in [2.24, 2.45) is 7.05 Å². The van der Waals surface area contributed by atoms with Crippen LogP contribution in [0.15, 0.2) is 65.0 Å². The van der Waals surface area contributed by atoms with Crippen LogP contribution in [0.2, 0.25) is 0 Å². The molecular formula is C23H21N5O3S. The van der Waals surface area contributed by atoms with E-state index < -0.39 is 0 Å². The number of para-hydroxylation sites is 1. The maximum atomic E-state index is 13.4. The Balaban J connectivity index is 1.42. The van der Waals surface area contributed by atoms with Gasteiger partial charge in [0.15, 0.2) is 0 Å². The van der Waals surface area contributed by atoms with Gasteiger partial charge in [0.1, 0.15) is 5.69 Å². The van der Waals surface area contributed by atoms with Crippen LogP contribution in [-0.2, 0) is 7.05 Å². The number of aromatic nitrogens is 3. The standard InChI is InChI=1S/C23H21N5O3S/c1-25-14-17(20-18(15-25)22(30)28(24-20)16-6-3-2-4-7-16)21(29)26-9-11-27(12-10-26)23(31)19-8-5-13-32-19/h2-8,13-15H,9-12H2,1H3. The Morgan fingerprint density at radius 3 is 2.25 bits per heavy atom. The number of thiophene rings is 1. The minimum Gasteiger partial charge on any atom is -0.356 e. The van der Waals surface area contributed by atoms with Crippen molar-refractivity contribution in [3.8, 4) is 16.9 Å². The zero-order valence-corrected chi connectivity index (χ0v) is 18.3. The van der Waals surface area contributed by atoms with E-state index in [9.17, 15) is 14.4 Å². The molecule has 1 fully saturated rings. The summed E-state index contributed by atoms with van der Waals surface area (Å²) >= 11 is 1.42. The molecule has 5 rings (SSSR count). The summed E-state index contributed by atoms with van der Waals surface area (Å²) < 4.78 is 3.05. The van der Waals surface area contributed by atoms with Crippen LogP contribution in [0.4, 0.5) is 0 Å². The second-order valence-electron chi connectivity index (χ2n) is 7.71. The number of pyridine rings is 1. The van der Waals surface area contributed by atoms with E-state index in [1.54, 1.807) is 45.9 Å². The van der Waals surface area contributed by atoms with Crippen LogP contribution < -0.4 is 5.56 Å². The van der Waals surface area contributed by atoms with Gasteiger partial charge in [0, 0.05) is 45.6 Å². The second-order valence-corrected chi connectivity index (χ2v) is 8.66. The zero-order chi connectivity index (χ0) is 22.2. The first-order valence-electron chi connectivity index (χ1n) is 10.3. The van der Waals surface area contributed by atoms with E-state index in [2.05, 4.69) is 5.10 Å². The normalized spacial score (nSPS) is 14.2. The molecule has 3 aliphatic heterocycles. The van der Waals surface area contributed by atoms with Crippen molar-refractivity contribution in [3.05, 3.63) is 81.0 Å². The third kappa shape index (κ3) is 3.50. The lowest BCUT2D eigenvalue weighted by Gasteiger charge is -2.34. The van der Waals surface area contributed by atoms with Gasteiger partial charge in [-0.3, -0.25) is 14.4 Å². The van der Waals surface area contributed by atoms with E-state index in [4.69, 9.17) is 0 Å². The molecule has 0 atom stereocenters. The molecule has 0 unspecified atom stereocenters. The van der Waals surface area contributed by atoms with Crippen LogP contribution in [0.25, 0.3) is 16.9 Å². The average Bonchev–Trinajstić information content (AvgIpc) is 3.47. The molecule has 2 aromatic rings. The average molecular weight is 448 g/mol. The topological polar surface area (TPSA) is 80.4 Å². The van der Waals surface area contributed by atoms with Crippen molar-refractivity contribution in [1.82, 2.24) is 24.1 Å². The van der Waals surface area contributed by atoms with Crippen molar-refractivity contribution in [2.45, 2.75) is 0 Å². The molecule has 162 valence electrons. The Labute approximate surface area is 188 Å². The maximum Gasteiger partial charge on any atom is 0.282 e. The highest BCUT2D eigenvalue weighted by molar-refractivity contribution is 7.12. The van der Waals surface area contributed by atoms with E-state index in [0.717, 1.165) is 0 Å². The Bertz CT molecular complexity index is 1300. The van der Waals surface area contributed by atoms with Crippen LogP contribution in [0.3, 0.4) is 0 Å². The Morgan fingerprint density at radius 2 is 1.59 bits per heavy atom.